The first-order chi connectivity index (χ1) is 13.8. The van der Waals surface area contributed by atoms with Gasteiger partial charge in [-0.05, 0) is 48.5 Å². The predicted octanol–water partition coefficient (Wildman–Crippen LogP) is 3.84. The Labute approximate surface area is 177 Å². The van der Waals surface area contributed by atoms with Crippen molar-refractivity contribution < 1.29 is 19.4 Å². The zero-order valence-corrected chi connectivity index (χ0v) is 16.9. The van der Waals surface area contributed by atoms with E-state index in [0.29, 0.717) is 16.4 Å². The third-order valence-corrected chi connectivity index (χ3v) is 4.73. The van der Waals surface area contributed by atoms with Gasteiger partial charge in [-0.15, -0.1) is 0 Å². The number of hydrogen-bond donors (Lipinski definition) is 3. The Balaban J connectivity index is 1.79. The molecule has 0 fully saturated rings. The van der Waals surface area contributed by atoms with Crippen LogP contribution in [0.15, 0.2) is 65.9 Å². The smallest absolute Gasteiger partial charge is 0.336 e. The molecule has 148 valence electrons. The lowest BCUT2D eigenvalue weighted by molar-refractivity contribution is -0.133. The van der Waals surface area contributed by atoms with E-state index in [9.17, 15) is 14.7 Å². The molecule has 0 radical (unpaired) electrons. The van der Waals surface area contributed by atoms with Gasteiger partial charge in [0.15, 0.2) is 5.11 Å². The Morgan fingerprint density at radius 2 is 1.93 bits per heavy atom. The maximum atomic E-state index is 12.1. The van der Waals surface area contributed by atoms with Crippen LogP contribution in [0.2, 0.25) is 5.02 Å². The molecule has 29 heavy (non-hydrogen) atoms. The van der Waals surface area contributed by atoms with E-state index in [2.05, 4.69) is 10.6 Å². The summed E-state index contributed by atoms with van der Waals surface area (Å²) in [5.41, 5.74) is 2.02. The Morgan fingerprint density at radius 1 is 1.21 bits per heavy atom. The van der Waals surface area contributed by atoms with Crippen molar-refractivity contribution in [2.75, 3.05) is 0 Å². The van der Waals surface area contributed by atoms with E-state index in [1.165, 1.54) is 12.1 Å². The number of rotatable bonds is 5. The fourth-order valence-electron chi connectivity index (χ4n) is 2.88. The highest BCUT2D eigenvalue weighted by atomic mass is 35.5. The average molecular weight is 429 g/mol. The van der Waals surface area contributed by atoms with Crippen molar-refractivity contribution in [1.29, 1.82) is 0 Å². The van der Waals surface area contributed by atoms with Gasteiger partial charge in [0.2, 0.25) is 0 Å². The number of carbonyl (C=O) groups excluding carboxylic acids is 1. The number of carbonyl (C=O) groups is 2. The second-order valence-electron chi connectivity index (χ2n) is 6.23. The van der Waals surface area contributed by atoms with Crippen LogP contribution in [0.1, 0.15) is 24.1 Å². The van der Waals surface area contributed by atoms with E-state index >= 15 is 0 Å². The molecule has 8 heteroatoms. The van der Waals surface area contributed by atoms with Crippen molar-refractivity contribution in [2.24, 2.45) is 0 Å². The van der Waals surface area contributed by atoms with E-state index in [1.54, 1.807) is 25.1 Å². The summed E-state index contributed by atoms with van der Waals surface area (Å²) in [6, 6.07) is 13.4. The number of benzene rings is 2. The summed E-state index contributed by atoms with van der Waals surface area (Å²) in [6.07, 6.45) is 2.94. The minimum Gasteiger partial charge on any atom is -0.478 e. The maximum absolute atomic E-state index is 12.1. The Kier molecular flexibility index (Phi) is 6.31. The third kappa shape index (κ3) is 5.01. The molecule has 1 aliphatic rings. The second-order valence-corrected chi connectivity index (χ2v) is 7.05. The second kappa shape index (κ2) is 8.89. The molecule has 2 aromatic rings. The van der Waals surface area contributed by atoms with E-state index < -0.39 is 18.0 Å². The van der Waals surface area contributed by atoms with Crippen LogP contribution in [0, 0.1) is 0 Å². The van der Waals surface area contributed by atoms with Gasteiger partial charge in [0.25, 0.3) is 0 Å². The molecule has 0 amide bonds. The minimum atomic E-state index is -1.08. The lowest BCUT2D eigenvalue weighted by Gasteiger charge is -2.29. The number of nitrogens with one attached hydrogen (secondary N) is 2. The van der Waals surface area contributed by atoms with Crippen molar-refractivity contribution in [2.45, 2.75) is 13.0 Å². The number of carboxylic acids is 1. The number of thiocarbonyl (C=S) groups is 1. The standard InChI is InChI=1S/C21H17ClN2O4S/c1-12-18(20(26)27)19(24-21(29)23-12)14-8-9-16(15(22)11-14)28-17(25)10-7-13-5-3-2-4-6-13/h2-11,19H,1H3,(H,26,27)(H2,23,24,29). The fourth-order valence-corrected chi connectivity index (χ4v) is 3.38. The van der Waals surface area contributed by atoms with Crippen LogP contribution in [-0.4, -0.2) is 22.2 Å². The summed E-state index contributed by atoms with van der Waals surface area (Å²) in [7, 11) is 0. The molecule has 3 rings (SSSR count). The van der Waals surface area contributed by atoms with Gasteiger partial charge in [-0.3, -0.25) is 0 Å². The van der Waals surface area contributed by atoms with Gasteiger partial charge < -0.3 is 20.5 Å². The van der Waals surface area contributed by atoms with Gasteiger partial charge in [-0.1, -0.05) is 48.0 Å². The molecule has 0 spiro atoms. The van der Waals surface area contributed by atoms with Gasteiger partial charge in [-0.25, -0.2) is 9.59 Å². The maximum Gasteiger partial charge on any atom is 0.336 e. The summed E-state index contributed by atoms with van der Waals surface area (Å²) in [4.78, 5) is 23.7. The van der Waals surface area contributed by atoms with Crippen molar-refractivity contribution in [3.63, 3.8) is 0 Å². The quantitative estimate of drug-likeness (QED) is 0.288. The first-order valence-corrected chi connectivity index (χ1v) is 9.39. The first-order valence-electron chi connectivity index (χ1n) is 8.61. The highest BCUT2D eigenvalue weighted by Crippen LogP contribution is 2.32. The zero-order valence-electron chi connectivity index (χ0n) is 15.3. The molecule has 6 nitrogen and oxygen atoms in total. The molecular weight excluding hydrogens is 412 g/mol. The number of aliphatic carboxylic acids is 1. The molecule has 3 N–H and O–H groups in total. The van der Waals surface area contributed by atoms with Crippen molar-refractivity contribution in [3.05, 3.63) is 82.0 Å². The zero-order chi connectivity index (χ0) is 21.0. The molecule has 0 saturated carbocycles. The largest absolute Gasteiger partial charge is 0.478 e. The number of halogens is 1. The molecule has 0 saturated heterocycles. The predicted molar refractivity (Wildman–Crippen MR) is 115 cm³/mol. The highest BCUT2D eigenvalue weighted by molar-refractivity contribution is 7.80. The molecule has 0 bridgehead atoms. The van der Waals surface area contributed by atoms with Gasteiger partial charge in [0, 0.05) is 11.8 Å². The van der Waals surface area contributed by atoms with Crippen LogP contribution in [0.25, 0.3) is 6.08 Å². The Bertz CT molecular complexity index is 1030. The first kappa shape index (κ1) is 20.6. The van der Waals surface area contributed by atoms with E-state index in [0.717, 1.165) is 5.56 Å². The van der Waals surface area contributed by atoms with Gasteiger partial charge in [-0.2, -0.15) is 0 Å². The van der Waals surface area contributed by atoms with E-state index in [-0.39, 0.29) is 16.3 Å². The molecule has 1 atom stereocenters. The summed E-state index contributed by atoms with van der Waals surface area (Å²) < 4.78 is 5.28. The van der Waals surface area contributed by atoms with Crippen LogP contribution in [0.5, 0.6) is 5.75 Å². The van der Waals surface area contributed by atoms with Gasteiger partial charge >= 0.3 is 11.9 Å². The molecular formula is C21H17ClN2O4S. The Morgan fingerprint density at radius 3 is 2.59 bits per heavy atom. The number of esters is 1. The van der Waals surface area contributed by atoms with Crippen molar-refractivity contribution in [3.8, 4) is 5.75 Å². The number of carboxylic acid groups (broad SMARTS) is 1. The third-order valence-electron chi connectivity index (χ3n) is 4.21. The monoisotopic (exact) mass is 428 g/mol. The minimum absolute atomic E-state index is 0.130. The SMILES string of the molecule is CC1=C(C(=O)O)C(c2ccc(OC(=O)C=Cc3ccccc3)c(Cl)c2)NC(=S)N1. The summed E-state index contributed by atoms with van der Waals surface area (Å²) >= 11 is 11.4. The lowest BCUT2D eigenvalue weighted by Crippen LogP contribution is -2.44. The molecule has 1 aliphatic heterocycles. The van der Waals surface area contributed by atoms with Crippen LogP contribution < -0.4 is 15.4 Å². The number of hydrogen-bond acceptors (Lipinski definition) is 4. The van der Waals surface area contributed by atoms with Crippen LogP contribution in [-0.2, 0) is 9.59 Å². The Hall–Kier alpha value is -3.16. The fraction of sp³-hybridized carbons (Fsp3) is 0.0952. The molecule has 1 heterocycles. The van der Waals surface area contributed by atoms with Gasteiger partial charge in [0.05, 0.1) is 16.6 Å². The lowest BCUT2D eigenvalue weighted by atomic mass is 9.96. The van der Waals surface area contributed by atoms with Gasteiger partial charge in [0.1, 0.15) is 5.75 Å². The molecule has 0 aliphatic carbocycles. The van der Waals surface area contributed by atoms with Crippen LogP contribution >= 0.6 is 23.8 Å². The summed E-state index contributed by atoms with van der Waals surface area (Å²) in [6.45, 7) is 1.64. The summed E-state index contributed by atoms with van der Waals surface area (Å²) in [5, 5.41) is 15.7. The van der Waals surface area contributed by atoms with Crippen molar-refractivity contribution in [1.82, 2.24) is 10.6 Å². The van der Waals surface area contributed by atoms with Crippen molar-refractivity contribution >= 4 is 46.9 Å². The molecule has 1 unspecified atom stereocenters. The van der Waals surface area contributed by atoms with Crippen LogP contribution in [0.4, 0.5) is 0 Å². The van der Waals surface area contributed by atoms with E-state index in [4.69, 9.17) is 28.6 Å². The molecule has 2 aromatic carbocycles. The highest BCUT2D eigenvalue weighted by Gasteiger charge is 2.30. The summed E-state index contributed by atoms with van der Waals surface area (Å²) in [5.74, 6) is -1.48. The molecule has 0 aromatic heterocycles. The normalized spacial score (nSPS) is 16.3. The topological polar surface area (TPSA) is 87.7 Å². The number of allylic oxidation sites excluding steroid dienone is 1. The van der Waals surface area contributed by atoms with E-state index in [1.807, 2.05) is 30.3 Å². The van der Waals surface area contributed by atoms with Crippen LogP contribution in [0.3, 0.4) is 0 Å². The average Bonchev–Trinajstić information content (AvgIpc) is 2.67. The number of ether oxygens (including phenoxy) is 1.